The standard InChI is InChI=1S/C13H17FO2/c1-13(2,3)12-7-10(15)9-6-8(14)4-5-11(9)16-12/h4-6,10,12,15H,7H2,1-3H3/t10-,12?/m1/s1. The summed E-state index contributed by atoms with van der Waals surface area (Å²) in [6, 6.07) is 4.29. The second kappa shape index (κ2) is 3.74. The lowest BCUT2D eigenvalue weighted by molar-refractivity contribution is 0.00777. The second-order valence-electron chi connectivity index (χ2n) is 5.41. The van der Waals surface area contributed by atoms with Gasteiger partial charge in [-0.15, -0.1) is 0 Å². The number of ether oxygens (including phenoxy) is 1. The quantitative estimate of drug-likeness (QED) is 0.734. The molecular formula is C13H17FO2. The minimum atomic E-state index is -0.635. The third kappa shape index (κ3) is 2.05. The fourth-order valence-electron chi connectivity index (χ4n) is 1.95. The SMILES string of the molecule is CC(C)(C)C1C[C@@H](O)c2cc(F)ccc2O1. The maximum Gasteiger partial charge on any atom is 0.125 e. The van der Waals surface area contributed by atoms with Gasteiger partial charge >= 0.3 is 0 Å². The minimum Gasteiger partial charge on any atom is -0.489 e. The number of hydrogen-bond donors (Lipinski definition) is 1. The molecule has 2 rings (SSSR count). The highest BCUT2D eigenvalue weighted by molar-refractivity contribution is 5.37. The van der Waals surface area contributed by atoms with Gasteiger partial charge in [-0.3, -0.25) is 0 Å². The predicted molar refractivity (Wildman–Crippen MR) is 59.8 cm³/mol. The Morgan fingerprint density at radius 3 is 2.69 bits per heavy atom. The normalized spacial score (nSPS) is 24.8. The average Bonchev–Trinajstić information content (AvgIpc) is 2.17. The van der Waals surface area contributed by atoms with Gasteiger partial charge < -0.3 is 9.84 Å². The lowest BCUT2D eigenvalue weighted by Gasteiger charge is -2.37. The molecule has 1 aliphatic rings. The van der Waals surface area contributed by atoms with Crippen molar-refractivity contribution in [3.63, 3.8) is 0 Å². The molecule has 2 atom stereocenters. The van der Waals surface area contributed by atoms with E-state index in [2.05, 4.69) is 20.8 Å². The predicted octanol–water partition coefficient (Wildman–Crippen LogP) is 3.06. The van der Waals surface area contributed by atoms with Crippen molar-refractivity contribution in [1.29, 1.82) is 0 Å². The van der Waals surface area contributed by atoms with Crippen LogP contribution in [0.15, 0.2) is 18.2 Å². The Morgan fingerprint density at radius 2 is 2.06 bits per heavy atom. The number of rotatable bonds is 0. The zero-order chi connectivity index (χ0) is 11.9. The van der Waals surface area contributed by atoms with Crippen LogP contribution in [0.3, 0.4) is 0 Å². The Hall–Kier alpha value is -1.09. The van der Waals surface area contributed by atoms with E-state index in [1.54, 1.807) is 6.07 Å². The van der Waals surface area contributed by atoms with Gasteiger partial charge in [0, 0.05) is 12.0 Å². The van der Waals surface area contributed by atoms with E-state index in [4.69, 9.17) is 4.74 Å². The summed E-state index contributed by atoms with van der Waals surface area (Å²) in [6.45, 7) is 6.21. The van der Waals surface area contributed by atoms with Crippen LogP contribution in [0.25, 0.3) is 0 Å². The van der Waals surface area contributed by atoms with Crippen LogP contribution in [0.5, 0.6) is 5.75 Å². The zero-order valence-corrected chi connectivity index (χ0v) is 9.83. The molecule has 3 heteroatoms. The molecule has 0 amide bonds. The summed E-state index contributed by atoms with van der Waals surface area (Å²) >= 11 is 0. The summed E-state index contributed by atoms with van der Waals surface area (Å²) < 4.78 is 18.8. The van der Waals surface area contributed by atoms with Gasteiger partial charge in [-0.05, 0) is 23.6 Å². The number of aliphatic hydroxyl groups excluding tert-OH is 1. The van der Waals surface area contributed by atoms with Crippen molar-refractivity contribution in [1.82, 2.24) is 0 Å². The fourth-order valence-corrected chi connectivity index (χ4v) is 1.95. The van der Waals surface area contributed by atoms with Gasteiger partial charge in [-0.2, -0.15) is 0 Å². The molecule has 88 valence electrons. The number of hydrogen-bond acceptors (Lipinski definition) is 2. The van der Waals surface area contributed by atoms with Crippen LogP contribution in [-0.4, -0.2) is 11.2 Å². The molecular weight excluding hydrogens is 207 g/mol. The molecule has 1 unspecified atom stereocenters. The highest BCUT2D eigenvalue weighted by Crippen LogP contribution is 2.40. The first-order chi connectivity index (χ1) is 7.38. The van der Waals surface area contributed by atoms with Crippen molar-refractivity contribution >= 4 is 0 Å². The highest BCUT2D eigenvalue weighted by atomic mass is 19.1. The van der Waals surface area contributed by atoms with Crippen LogP contribution in [-0.2, 0) is 0 Å². The molecule has 0 aromatic heterocycles. The maximum atomic E-state index is 13.0. The largest absolute Gasteiger partial charge is 0.489 e. The molecule has 2 nitrogen and oxygen atoms in total. The Kier molecular flexibility index (Phi) is 2.66. The molecule has 16 heavy (non-hydrogen) atoms. The van der Waals surface area contributed by atoms with E-state index in [1.807, 2.05) is 0 Å². The second-order valence-corrected chi connectivity index (χ2v) is 5.41. The average molecular weight is 224 g/mol. The van der Waals surface area contributed by atoms with E-state index in [9.17, 15) is 9.50 Å². The van der Waals surface area contributed by atoms with Crippen molar-refractivity contribution < 1.29 is 14.2 Å². The van der Waals surface area contributed by atoms with E-state index in [0.29, 0.717) is 17.7 Å². The van der Waals surface area contributed by atoms with Gasteiger partial charge in [-0.1, -0.05) is 20.8 Å². The van der Waals surface area contributed by atoms with E-state index < -0.39 is 6.10 Å². The highest BCUT2D eigenvalue weighted by Gasteiger charge is 2.34. The monoisotopic (exact) mass is 224 g/mol. The van der Waals surface area contributed by atoms with Crippen LogP contribution in [0.2, 0.25) is 0 Å². The Labute approximate surface area is 95.1 Å². The van der Waals surface area contributed by atoms with Gasteiger partial charge in [-0.25, -0.2) is 4.39 Å². The van der Waals surface area contributed by atoms with Crippen LogP contribution in [0, 0.1) is 11.2 Å². The smallest absolute Gasteiger partial charge is 0.125 e. The third-order valence-corrected chi connectivity index (χ3v) is 3.00. The van der Waals surface area contributed by atoms with Crippen LogP contribution in [0.4, 0.5) is 4.39 Å². The van der Waals surface area contributed by atoms with Gasteiger partial charge in [0.15, 0.2) is 0 Å². The third-order valence-electron chi connectivity index (χ3n) is 3.00. The van der Waals surface area contributed by atoms with E-state index in [-0.39, 0.29) is 17.3 Å². The first-order valence-corrected chi connectivity index (χ1v) is 5.52. The summed E-state index contributed by atoms with van der Waals surface area (Å²) in [7, 11) is 0. The number of fused-ring (bicyclic) bond motifs is 1. The minimum absolute atomic E-state index is 0.0347. The summed E-state index contributed by atoms with van der Waals surface area (Å²) in [5, 5.41) is 9.97. The van der Waals surface area contributed by atoms with Crippen molar-refractivity contribution in [2.45, 2.75) is 39.4 Å². The van der Waals surface area contributed by atoms with Crippen LogP contribution < -0.4 is 4.74 Å². The van der Waals surface area contributed by atoms with Crippen molar-refractivity contribution in [2.75, 3.05) is 0 Å². The molecule has 0 aliphatic carbocycles. The molecule has 1 aliphatic heterocycles. The lowest BCUT2D eigenvalue weighted by Crippen LogP contribution is -2.36. The maximum absolute atomic E-state index is 13.0. The van der Waals surface area contributed by atoms with Crippen molar-refractivity contribution in [3.8, 4) is 5.75 Å². The van der Waals surface area contributed by atoms with Gasteiger partial charge in [0.25, 0.3) is 0 Å². The molecule has 1 aromatic carbocycles. The van der Waals surface area contributed by atoms with E-state index in [0.717, 1.165) is 0 Å². The Balaban J connectivity index is 2.34. The molecule has 1 N–H and O–H groups in total. The fraction of sp³-hybridized carbons (Fsp3) is 0.538. The van der Waals surface area contributed by atoms with Crippen molar-refractivity contribution in [2.24, 2.45) is 5.41 Å². The van der Waals surface area contributed by atoms with Gasteiger partial charge in [0.05, 0.1) is 6.10 Å². The molecule has 0 spiro atoms. The van der Waals surface area contributed by atoms with E-state index in [1.165, 1.54) is 12.1 Å². The summed E-state index contributed by atoms with van der Waals surface area (Å²) in [5.41, 5.74) is 0.521. The topological polar surface area (TPSA) is 29.5 Å². The molecule has 1 aromatic rings. The molecule has 1 heterocycles. The molecule has 0 radical (unpaired) electrons. The Morgan fingerprint density at radius 1 is 1.38 bits per heavy atom. The lowest BCUT2D eigenvalue weighted by atomic mass is 9.83. The number of benzene rings is 1. The molecule has 0 saturated heterocycles. The molecule has 0 fully saturated rings. The zero-order valence-electron chi connectivity index (χ0n) is 9.83. The van der Waals surface area contributed by atoms with Crippen molar-refractivity contribution in [3.05, 3.63) is 29.6 Å². The van der Waals surface area contributed by atoms with Gasteiger partial charge in [0.1, 0.15) is 17.7 Å². The molecule has 0 bridgehead atoms. The molecule has 0 saturated carbocycles. The Bertz CT molecular complexity index is 395. The first-order valence-electron chi connectivity index (χ1n) is 5.52. The number of halogens is 1. The first kappa shape index (κ1) is 11.4. The summed E-state index contributed by atoms with van der Waals surface area (Å²) in [6.07, 6.45) is -0.163. The van der Waals surface area contributed by atoms with Crippen LogP contribution in [0.1, 0.15) is 38.9 Å². The van der Waals surface area contributed by atoms with E-state index >= 15 is 0 Å². The van der Waals surface area contributed by atoms with Gasteiger partial charge in [0.2, 0.25) is 0 Å². The number of aliphatic hydroxyl groups is 1. The summed E-state index contributed by atoms with van der Waals surface area (Å²) in [5.74, 6) is 0.260. The summed E-state index contributed by atoms with van der Waals surface area (Å²) in [4.78, 5) is 0. The van der Waals surface area contributed by atoms with Crippen LogP contribution >= 0.6 is 0 Å².